The molecule has 0 fully saturated rings. The second-order valence-electron chi connectivity index (χ2n) is 2.14. The second-order valence-corrected chi connectivity index (χ2v) is 3.79. The summed E-state index contributed by atoms with van der Waals surface area (Å²) in [4.78, 5) is 4.26. The molecule has 1 heterocycles. The van der Waals surface area contributed by atoms with E-state index in [-0.39, 0.29) is 0 Å². The van der Waals surface area contributed by atoms with Gasteiger partial charge in [-0.3, -0.25) is 4.98 Å². The van der Waals surface area contributed by atoms with E-state index in [1.54, 1.807) is 0 Å². The molecule has 0 aliphatic rings. The lowest BCUT2D eigenvalue weighted by atomic mass is 10.3. The topological polar surface area (TPSA) is 12.9 Å². The van der Waals surface area contributed by atoms with Gasteiger partial charge in [0, 0.05) is 10.2 Å². The van der Waals surface area contributed by atoms with Crippen LogP contribution in [0.25, 0.3) is 0 Å². The van der Waals surface area contributed by atoms with Crippen LogP contribution in [0.1, 0.15) is 11.4 Å². The molecule has 0 unspecified atom stereocenters. The zero-order valence-corrected chi connectivity index (χ0v) is 8.95. The fourth-order valence-electron chi connectivity index (χ4n) is 0.765. The summed E-state index contributed by atoms with van der Waals surface area (Å²) in [7, 11) is 0. The van der Waals surface area contributed by atoms with Crippen LogP contribution in [-0.2, 0) is 0 Å². The van der Waals surface area contributed by atoms with Crippen LogP contribution < -0.4 is 0 Å². The van der Waals surface area contributed by atoms with Crippen molar-refractivity contribution in [3.05, 3.63) is 26.4 Å². The van der Waals surface area contributed by atoms with E-state index in [0.29, 0.717) is 0 Å². The van der Waals surface area contributed by atoms with Crippen molar-refractivity contribution in [2.24, 2.45) is 0 Å². The molecule has 0 spiro atoms. The maximum atomic E-state index is 4.26. The molecular formula is C7H7Br2N. The van der Waals surface area contributed by atoms with E-state index in [4.69, 9.17) is 0 Å². The Kier molecular flexibility index (Phi) is 2.47. The average Bonchev–Trinajstić information content (AvgIpc) is 1.82. The molecule has 0 amide bonds. The number of aromatic nitrogens is 1. The Balaban J connectivity index is 3.31. The third-order valence-corrected chi connectivity index (χ3v) is 3.37. The van der Waals surface area contributed by atoms with Gasteiger partial charge in [-0.05, 0) is 51.8 Å². The smallest absolute Gasteiger partial charge is 0.0530 e. The summed E-state index contributed by atoms with van der Waals surface area (Å²) in [6.45, 7) is 3.95. The Morgan fingerprint density at radius 1 is 1.30 bits per heavy atom. The van der Waals surface area contributed by atoms with Gasteiger partial charge in [-0.1, -0.05) is 0 Å². The van der Waals surface area contributed by atoms with Gasteiger partial charge in [0.1, 0.15) is 0 Å². The molecule has 0 bridgehead atoms. The normalized spacial score (nSPS) is 10.0. The Hall–Kier alpha value is 0.110. The van der Waals surface area contributed by atoms with Crippen molar-refractivity contribution in [2.75, 3.05) is 0 Å². The number of rotatable bonds is 0. The molecule has 3 heteroatoms. The van der Waals surface area contributed by atoms with Crippen molar-refractivity contribution in [1.82, 2.24) is 4.98 Å². The van der Waals surface area contributed by atoms with Crippen molar-refractivity contribution in [3.63, 3.8) is 0 Å². The van der Waals surface area contributed by atoms with E-state index in [1.165, 1.54) is 0 Å². The Morgan fingerprint density at radius 2 is 1.90 bits per heavy atom. The predicted molar refractivity (Wildman–Crippen MR) is 49.1 cm³/mol. The Morgan fingerprint density at radius 3 is 2.40 bits per heavy atom. The van der Waals surface area contributed by atoms with Crippen LogP contribution in [-0.4, -0.2) is 4.98 Å². The highest BCUT2D eigenvalue weighted by atomic mass is 79.9. The summed E-state index contributed by atoms with van der Waals surface area (Å²) in [5.41, 5.74) is 2.06. The van der Waals surface area contributed by atoms with Gasteiger partial charge >= 0.3 is 0 Å². The van der Waals surface area contributed by atoms with Crippen LogP contribution in [0.2, 0.25) is 0 Å². The standard InChI is InChI=1S/C7H7Br2N/c1-4-3-6(8)7(9)5(2)10-4/h3H,1-2H3. The van der Waals surface area contributed by atoms with Crippen LogP contribution >= 0.6 is 31.9 Å². The van der Waals surface area contributed by atoms with Crippen LogP contribution in [0.5, 0.6) is 0 Å². The van der Waals surface area contributed by atoms with E-state index < -0.39 is 0 Å². The molecule has 0 aromatic carbocycles. The van der Waals surface area contributed by atoms with Gasteiger partial charge in [0.05, 0.1) is 10.2 Å². The van der Waals surface area contributed by atoms with Crippen LogP contribution in [0, 0.1) is 13.8 Å². The maximum Gasteiger partial charge on any atom is 0.0530 e. The highest BCUT2D eigenvalue weighted by Gasteiger charge is 2.00. The number of hydrogen-bond donors (Lipinski definition) is 0. The molecule has 0 atom stereocenters. The fourth-order valence-corrected chi connectivity index (χ4v) is 1.59. The monoisotopic (exact) mass is 263 g/mol. The minimum Gasteiger partial charge on any atom is -0.257 e. The molecule has 0 saturated heterocycles. The van der Waals surface area contributed by atoms with Gasteiger partial charge in [0.25, 0.3) is 0 Å². The van der Waals surface area contributed by atoms with Crippen molar-refractivity contribution in [3.8, 4) is 0 Å². The highest BCUT2D eigenvalue weighted by Crippen LogP contribution is 2.25. The van der Waals surface area contributed by atoms with Crippen molar-refractivity contribution < 1.29 is 0 Å². The van der Waals surface area contributed by atoms with Gasteiger partial charge in [0.15, 0.2) is 0 Å². The van der Waals surface area contributed by atoms with Gasteiger partial charge in [0.2, 0.25) is 0 Å². The molecule has 1 nitrogen and oxygen atoms in total. The summed E-state index contributed by atoms with van der Waals surface area (Å²) >= 11 is 6.81. The van der Waals surface area contributed by atoms with Crippen molar-refractivity contribution >= 4 is 31.9 Å². The summed E-state index contributed by atoms with van der Waals surface area (Å²) in [6.07, 6.45) is 0. The van der Waals surface area contributed by atoms with E-state index in [1.807, 2.05) is 19.9 Å². The Bertz CT molecular complexity index is 235. The number of hydrogen-bond acceptors (Lipinski definition) is 1. The lowest BCUT2D eigenvalue weighted by Crippen LogP contribution is -1.87. The first kappa shape index (κ1) is 8.21. The first-order valence-electron chi connectivity index (χ1n) is 2.90. The summed E-state index contributed by atoms with van der Waals surface area (Å²) in [5, 5.41) is 0. The summed E-state index contributed by atoms with van der Waals surface area (Å²) < 4.78 is 2.11. The van der Waals surface area contributed by atoms with Crippen molar-refractivity contribution in [1.29, 1.82) is 0 Å². The van der Waals surface area contributed by atoms with Gasteiger partial charge in [-0.15, -0.1) is 0 Å². The number of halogens is 2. The minimum absolute atomic E-state index is 1.02. The SMILES string of the molecule is Cc1cc(Br)c(Br)c(C)n1. The zero-order chi connectivity index (χ0) is 7.72. The highest BCUT2D eigenvalue weighted by molar-refractivity contribution is 9.13. The van der Waals surface area contributed by atoms with Gasteiger partial charge < -0.3 is 0 Å². The number of pyridine rings is 1. The predicted octanol–water partition coefficient (Wildman–Crippen LogP) is 3.22. The van der Waals surface area contributed by atoms with Gasteiger partial charge in [-0.2, -0.15) is 0 Å². The van der Waals surface area contributed by atoms with Crippen molar-refractivity contribution in [2.45, 2.75) is 13.8 Å². The molecule has 0 saturated carbocycles. The fraction of sp³-hybridized carbons (Fsp3) is 0.286. The lowest BCUT2D eigenvalue weighted by molar-refractivity contribution is 1.10. The third kappa shape index (κ3) is 1.58. The maximum absolute atomic E-state index is 4.26. The van der Waals surface area contributed by atoms with E-state index >= 15 is 0 Å². The molecule has 0 radical (unpaired) electrons. The molecule has 0 N–H and O–H groups in total. The minimum atomic E-state index is 1.02. The van der Waals surface area contributed by atoms with Crippen LogP contribution in [0.15, 0.2) is 15.0 Å². The summed E-state index contributed by atoms with van der Waals surface area (Å²) in [5.74, 6) is 0. The molecule has 10 heavy (non-hydrogen) atoms. The Labute approximate surface area is 77.1 Å². The largest absolute Gasteiger partial charge is 0.257 e. The molecule has 0 aliphatic heterocycles. The second kappa shape index (κ2) is 3.01. The molecule has 1 aromatic rings. The number of aryl methyl sites for hydroxylation is 2. The molecule has 1 rings (SSSR count). The first-order valence-corrected chi connectivity index (χ1v) is 4.49. The lowest BCUT2D eigenvalue weighted by Gasteiger charge is -2.00. The van der Waals surface area contributed by atoms with E-state index in [9.17, 15) is 0 Å². The molecule has 1 aromatic heterocycles. The van der Waals surface area contributed by atoms with E-state index in [2.05, 4.69) is 36.8 Å². The van der Waals surface area contributed by atoms with Gasteiger partial charge in [-0.25, -0.2) is 0 Å². The number of nitrogens with zero attached hydrogens (tertiary/aromatic N) is 1. The zero-order valence-electron chi connectivity index (χ0n) is 5.78. The molecule has 54 valence electrons. The van der Waals surface area contributed by atoms with Crippen LogP contribution in [0.3, 0.4) is 0 Å². The van der Waals surface area contributed by atoms with E-state index in [0.717, 1.165) is 20.3 Å². The van der Waals surface area contributed by atoms with Crippen LogP contribution in [0.4, 0.5) is 0 Å². The quantitative estimate of drug-likeness (QED) is 0.701. The average molecular weight is 265 g/mol. The third-order valence-electron chi connectivity index (χ3n) is 1.21. The molecular weight excluding hydrogens is 258 g/mol. The molecule has 0 aliphatic carbocycles. The summed E-state index contributed by atoms with van der Waals surface area (Å²) in [6, 6.07) is 1.98. The first-order chi connectivity index (χ1) is 4.61.